The molecule has 1 unspecified atom stereocenters. The van der Waals surface area contributed by atoms with E-state index in [1.807, 2.05) is 12.1 Å². The van der Waals surface area contributed by atoms with Crippen LogP contribution in [0.25, 0.3) is 0 Å². The smallest absolute Gasteiger partial charge is 0.0594 e. The summed E-state index contributed by atoms with van der Waals surface area (Å²) >= 11 is 0. The minimum Gasteiger partial charge on any atom is -0.399 e. The van der Waals surface area contributed by atoms with Gasteiger partial charge in [-0.25, -0.2) is 0 Å². The molecule has 0 spiro atoms. The van der Waals surface area contributed by atoms with Gasteiger partial charge in [0.1, 0.15) is 0 Å². The molecule has 2 aliphatic heterocycles. The van der Waals surface area contributed by atoms with Gasteiger partial charge in [0.05, 0.1) is 13.2 Å². The number of nitrogen functional groups attached to an aromatic ring is 1. The standard InChI is InChI=1S/C17H27N3O/c1-14(19-10-12-21-13-11-19)15-6-8-20(9-7-15)17-4-2-16(18)3-5-17/h2-5,14-15H,6-13,18H2,1H3. The second-order valence-electron chi connectivity index (χ2n) is 6.30. The Balaban J connectivity index is 1.53. The first-order valence-electron chi connectivity index (χ1n) is 8.16. The molecule has 0 bridgehead atoms. The number of hydrogen-bond donors (Lipinski definition) is 1. The van der Waals surface area contributed by atoms with Crippen molar-refractivity contribution >= 4 is 11.4 Å². The molecule has 21 heavy (non-hydrogen) atoms. The van der Waals surface area contributed by atoms with E-state index in [9.17, 15) is 0 Å². The monoisotopic (exact) mass is 289 g/mol. The number of morpholine rings is 1. The van der Waals surface area contributed by atoms with E-state index in [0.717, 1.165) is 51.0 Å². The first-order chi connectivity index (χ1) is 10.2. The third-order valence-corrected chi connectivity index (χ3v) is 5.10. The molecule has 1 aromatic carbocycles. The number of nitrogens with two attached hydrogens (primary N) is 1. The minimum absolute atomic E-state index is 0.683. The molecule has 1 aromatic rings. The Bertz CT molecular complexity index is 434. The van der Waals surface area contributed by atoms with Gasteiger partial charge < -0.3 is 15.4 Å². The van der Waals surface area contributed by atoms with Crippen molar-refractivity contribution in [3.05, 3.63) is 24.3 Å². The normalized spacial score (nSPS) is 23.2. The molecule has 116 valence electrons. The number of anilines is 2. The van der Waals surface area contributed by atoms with Gasteiger partial charge in [-0.1, -0.05) is 0 Å². The molecule has 4 heteroatoms. The Morgan fingerprint density at radius 3 is 2.29 bits per heavy atom. The molecular weight excluding hydrogens is 262 g/mol. The highest BCUT2D eigenvalue weighted by atomic mass is 16.5. The summed E-state index contributed by atoms with van der Waals surface area (Å²) in [5.74, 6) is 0.813. The molecule has 0 aliphatic carbocycles. The molecule has 2 heterocycles. The minimum atomic E-state index is 0.683. The largest absolute Gasteiger partial charge is 0.399 e. The Morgan fingerprint density at radius 1 is 1.05 bits per heavy atom. The maximum absolute atomic E-state index is 5.77. The zero-order valence-electron chi connectivity index (χ0n) is 13.0. The summed E-state index contributed by atoms with van der Waals surface area (Å²) in [5.41, 5.74) is 7.92. The lowest BCUT2D eigenvalue weighted by Crippen LogP contribution is -2.48. The third-order valence-electron chi connectivity index (χ3n) is 5.10. The zero-order valence-corrected chi connectivity index (χ0v) is 13.0. The zero-order chi connectivity index (χ0) is 14.7. The summed E-state index contributed by atoms with van der Waals surface area (Å²) in [7, 11) is 0. The molecule has 2 fully saturated rings. The third kappa shape index (κ3) is 3.50. The van der Waals surface area contributed by atoms with E-state index in [4.69, 9.17) is 10.5 Å². The van der Waals surface area contributed by atoms with Crippen molar-refractivity contribution in [1.82, 2.24) is 4.90 Å². The number of benzene rings is 1. The van der Waals surface area contributed by atoms with E-state index >= 15 is 0 Å². The van der Waals surface area contributed by atoms with Crippen LogP contribution in [0.1, 0.15) is 19.8 Å². The SMILES string of the molecule is CC(C1CCN(c2ccc(N)cc2)CC1)N1CCOCC1. The van der Waals surface area contributed by atoms with Crippen molar-refractivity contribution in [3.63, 3.8) is 0 Å². The molecular formula is C17H27N3O. The van der Waals surface area contributed by atoms with Crippen LogP contribution in [-0.4, -0.2) is 50.3 Å². The molecule has 3 rings (SSSR count). The predicted molar refractivity (Wildman–Crippen MR) is 87.6 cm³/mol. The fourth-order valence-corrected chi connectivity index (χ4v) is 3.61. The van der Waals surface area contributed by atoms with Crippen LogP contribution in [0, 0.1) is 5.92 Å². The van der Waals surface area contributed by atoms with E-state index in [-0.39, 0.29) is 0 Å². The second-order valence-corrected chi connectivity index (χ2v) is 6.30. The van der Waals surface area contributed by atoms with Crippen molar-refractivity contribution in [1.29, 1.82) is 0 Å². The maximum atomic E-state index is 5.77. The Labute approximate surface area is 127 Å². The highest BCUT2D eigenvalue weighted by Crippen LogP contribution is 2.28. The molecule has 2 aliphatic rings. The number of hydrogen-bond acceptors (Lipinski definition) is 4. The first kappa shape index (κ1) is 14.7. The van der Waals surface area contributed by atoms with Crippen LogP contribution in [0.5, 0.6) is 0 Å². The van der Waals surface area contributed by atoms with E-state index < -0.39 is 0 Å². The summed E-state index contributed by atoms with van der Waals surface area (Å²) in [6.45, 7) is 8.70. The molecule has 1 atom stereocenters. The Hall–Kier alpha value is -1.26. The van der Waals surface area contributed by atoms with Gasteiger partial charge in [-0.05, 0) is 49.9 Å². The maximum Gasteiger partial charge on any atom is 0.0594 e. The van der Waals surface area contributed by atoms with Gasteiger partial charge in [0, 0.05) is 43.6 Å². The van der Waals surface area contributed by atoms with Crippen LogP contribution < -0.4 is 10.6 Å². The summed E-state index contributed by atoms with van der Waals surface area (Å²) in [4.78, 5) is 5.09. The molecule has 0 saturated carbocycles. The molecule has 0 amide bonds. The van der Waals surface area contributed by atoms with Gasteiger partial charge in [-0.2, -0.15) is 0 Å². The fraction of sp³-hybridized carbons (Fsp3) is 0.647. The van der Waals surface area contributed by atoms with E-state index in [1.54, 1.807) is 0 Å². The van der Waals surface area contributed by atoms with Crippen molar-refractivity contribution in [3.8, 4) is 0 Å². The van der Waals surface area contributed by atoms with Crippen LogP contribution in [0.2, 0.25) is 0 Å². The average molecular weight is 289 g/mol. The lowest BCUT2D eigenvalue weighted by atomic mass is 9.89. The quantitative estimate of drug-likeness (QED) is 0.866. The van der Waals surface area contributed by atoms with E-state index in [0.29, 0.717) is 6.04 Å². The second kappa shape index (κ2) is 6.67. The Kier molecular flexibility index (Phi) is 4.66. The number of piperidine rings is 1. The number of nitrogens with zero attached hydrogens (tertiary/aromatic N) is 2. The summed E-state index contributed by atoms with van der Waals surface area (Å²) < 4.78 is 5.46. The van der Waals surface area contributed by atoms with Crippen LogP contribution in [0.3, 0.4) is 0 Å². The lowest BCUT2D eigenvalue weighted by Gasteiger charge is -2.41. The number of rotatable bonds is 3. The van der Waals surface area contributed by atoms with Gasteiger partial charge in [-0.3, -0.25) is 4.90 Å². The van der Waals surface area contributed by atoms with E-state index in [1.165, 1.54) is 18.5 Å². The van der Waals surface area contributed by atoms with Gasteiger partial charge in [0.25, 0.3) is 0 Å². The van der Waals surface area contributed by atoms with Crippen LogP contribution in [0.4, 0.5) is 11.4 Å². The van der Waals surface area contributed by atoms with Gasteiger partial charge in [0.15, 0.2) is 0 Å². The predicted octanol–water partition coefficient (Wildman–Crippen LogP) is 2.21. The first-order valence-corrected chi connectivity index (χ1v) is 8.16. The van der Waals surface area contributed by atoms with Crippen LogP contribution in [0.15, 0.2) is 24.3 Å². The highest BCUT2D eigenvalue weighted by molar-refractivity contribution is 5.53. The van der Waals surface area contributed by atoms with Crippen LogP contribution in [-0.2, 0) is 4.74 Å². The topological polar surface area (TPSA) is 41.7 Å². The van der Waals surface area contributed by atoms with E-state index in [2.05, 4.69) is 28.9 Å². The van der Waals surface area contributed by atoms with Gasteiger partial charge in [-0.15, -0.1) is 0 Å². The average Bonchev–Trinajstić information content (AvgIpc) is 2.56. The molecule has 2 N–H and O–H groups in total. The molecule has 4 nitrogen and oxygen atoms in total. The molecule has 0 aromatic heterocycles. The summed E-state index contributed by atoms with van der Waals surface area (Å²) in [6, 6.07) is 8.96. The van der Waals surface area contributed by atoms with Crippen LogP contribution >= 0.6 is 0 Å². The molecule has 2 saturated heterocycles. The fourth-order valence-electron chi connectivity index (χ4n) is 3.61. The summed E-state index contributed by atoms with van der Waals surface area (Å²) in [5, 5.41) is 0. The van der Waals surface area contributed by atoms with Crippen molar-refractivity contribution in [2.45, 2.75) is 25.8 Å². The van der Waals surface area contributed by atoms with Gasteiger partial charge >= 0.3 is 0 Å². The highest BCUT2D eigenvalue weighted by Gasteiger charge is 2.28. The molecule has 0 radical (unpaired) electrons. The number of ether oxygens (including phenoxy) is 1. The van der Waals surface area contributed by atoms with Crippen molar-refractivity contribution < 1.29 is 4.74 Å². The Morgan fingerprint density at radius 2 is 1.67 bits per heavy atom. The van der Waals surface area contributed by atoms with Gasteiger partial charge in [0.2, 0.25) is 0 Å². The van der Waals surface area contributed by atoms with Crippen molar-refractivity contribution in [2.24, 2.45) is 5.92 Å². The summed E-state index contributed by atoms with van der Waals surface area (Å²) in [6.07, 6.45) is 2.56. The lowest BCUT2D eigenvalue weighted by molar-refractivity contribution is 0.00449. The van der Waals surface area contributed by atoms with Crippen molar-refractivity contribution in [2.75, 3.05) is 50.0 Å².